The molecule has 2 aromatic heterocycles. The maximum absolute atomic E-state index is 6.23. The van der Waals surface area contributed by atoms with Gasteiger partial charge in [0.15, 0.2) is 5.60 Å². The number of piperidine rings is 1. The Morgan fingerprint density at radius 2 is 2.05 bits per heavy atom. The number of aromatic nitrogens is 3. The fourth-order valence-corrected chi connectivity index (χ4v) is 2.89. The topological polar surface area (TPSA) is 52.0 Å². The third-order valence-electron chi connectivity index (χ3n) is 3.79. The number of rotatable bonds is 0. The Morgan fingerprint density at radius 3 is 2.89 bits per heavy atom. The SMILES string of the molecule is Cl.c1cnc2c(c1)-n1nccc1C1(CCNCC1)O2. The maximum Gasteiger partial charge on any atom is 0.240 e. The fourth-order valence-electron chi connectivity index (χ4n) is 2.89. The molecule has 1 fully saturated rings. The van der Waals surface area contributed by atoms with Crippen LogP contribution in [0.15, 0.2) is 30.6 Å². The van der Waals surface area contributed by atoms with Crippen LogP contribution in [0, 0.1) is 0 Å². The lowest BCUT2D eigenvalue weighted by molar-refractivity contribution is 0.0142. The first-order valence-electron chi connectivity index (χ1n) is 6.29. The van der Waals surface area contributed by atoms with Crippen molar-refractivity contribution in [3.05, 3.63) is 36.3 Å². The van der Waals surface area contributed by atoms with Gasteiger partial charge < -0.3 is 10.1 Å². The second-order valence-corrected chi connectivity index (χ2v) is 4.80. The predicted molar refractivity (Wildman–Crippen MR) is 73.0 cm³/mol. The van der Waals surface area contributed by atoms with Crippen LogP contribution in [0.3, 0.4) is 0 Å². The number of fused-ring (bicyclic) bond motifs is 4. The molecule has 6 heteroatoms. The second-order valence-electron chi connectivity index (χ2n) is 4.80. The van der Waals surface area contributed by atoms with Gasteiger partial charge in [-0.15, -0.1) is 12.4 Å². The summed E-state index contributed by atoms with van der Waals surface area (Å²) >= 11 is 0. The molecule has 4 rings (SSSR count). The Kier molecular flexibility index (Phi) is 2.95. The summed E-state index contributed by atoms with van der Waals surface area (Å²) in [4.78, 5) is 4.34. The van der Waals surface area contributed by atoms with Crippen LogP contribution in [0.2, 0.25) is 0 Å². The number of hydrogen-bond donors (Lipinski definition) is 1. The van der Waals surface area contributed by atoms with Crippen LogP contribution >= 0.6 is 12.4 Å². The van der Waals surface area contributed by atoms with Crippen molar-refractivity contribution in [1.29, 1.82) is 0 Å². The highest BCUT2D eigenvalue weighted by Gasteiger charge is 2.43. The summed E-state index contributed by atoms with van der Waals surface area (Å²) in [7, 11) is 0. The summed E-state index contributed by atoms with van der Waals surface area (Å²) in [5, 5.41) is 7.80. The molecule has 0 saturated carbocycles. The van der Waals surface area contributed by atoms with Gasteiger partial charge in [0, 0.05) is 25.2 Å². The molecular weight excluding hydrogens is 264 g/mol. The summed E-state index contributed by atoms with van der Waals surface area (Å²) in [5.41, 5.74) is 1.81. The van der Waals surface area contributed by atoms with Gasteiger partial charge in [-0.05, 0) is 31.3 Å². The summed E-state index contributed by atoms with van der Waals surface area (Å²) in [6.07, 6.45) is 5.51. The number of nitrogens with zero attached hydrogens (tertiary/aromatic N) is 3. The van der Waals surface area contributed by atoms with E-state index in [0.717, 1.165) is 37.3 Å². The zero-order valence-corrected chi connectivity index (χ0v) is 11.2. The first-order chi connectivity index (χ1) is 8.89. The Morgan fingerprint density at radius 1 is 1.21 bits per heavy atom. The van der Waals surface area contributed by atoms with E-state index in [2.05, 4.69) is 21.5 Å². The number of ether oxygens (including phenoxy) is 1. The molecule has 5 nitrogen and oxygen atoms in total. The van der Waals surface area contributed by atoms with Crippen LogP contribution in [0.4, 0.5) is 0 Å². The van der Waals surface area contributed by atoms with Crippen molar-refractivity contribution in [2.45, 2.75) is 18.4 Å². The van der Waals surface area contributed by atoms with E-state index in [1.165, 1.54) is 0 Å². The van der Waals surface area contributed by atoms with Gasteiger partial charge in [0.05, 0.1) is 5.69 Å². The third-order valence-corrected chi connectivity index (χ3v) is 3.79. The molecular formula is C13H15ClN4O. The van der Waals surface area contributed by atoms with E-state index < -0.39 is 0 Å². The van der Waals surface area contributed by atoms with Crippen molar-refractivity contribution in [2.75, 3.05) is 13.1 Å². The number of hydrogen-bond acceptors (Lipinski definition) is 4. The summed E-state index contributed by atoms with van der Waals surface area (Å²) in [6, 6.07) is 5.96. The van der Waals surface area contributed by atoms with Gasteiger partial charge in [-0.3, -0.25) is 0 Å². The molecule has 1 saturated heterocycles. The molecule has 0 radical (unpaired) electrons. The van der Waals surface area contributed by atoms with Crippen LogP contribution in [0.25, 0.3) is 5.69 Å². The highest BCUT2D eigenvalue weighted by Crippen LogP contribution is 2.42. The molecule has 19 heavy (non-hydrogen) atoms. The average molecular weight is 279 g/mol. The Balaban J connectivity index is 0.00000110. The highest BCUT2D eigenvalue weighted by atomic mass is 35.5. The normalized spacial score (nSPS) is 18.9. The van der Waals surface area contributed by atoms with Crippen LogP contribution in [-0.4, -0.2) is 27.9 Å². The van der Waals surface area contributed by atoms with E-state index in [0.29, 0.717) is 5.88 Å². The molecule has 0 amide bonds. The zero-order chi connectivity index (χ0) is 12.0. The molecule has 0 aromatic carbocycles. The van der Waals surface area contributed by atoms with Gasteiger partial charge in [-0.2, -0.15) is 5.10 Å². The molecule has 4 heterocycles. The van der Waals surface area contributed by atoms with Gasteiger partial charge in [0.25, 0.3) is 0 Å². The lowest BCUT2D eigenvalue weighted by Crippen LogP contribution is -2.47. The van der Waals surface area contributed by atoms with Crippen LogP contribution in [0.1, 0.15) is 18.5 Å². The van der Waals surface area contributed by atoms with Gasteiger partial charge in [0.2, 0.25) is 5.88 Å². The van der Waals surface area contributed by atoms with Crippen molar-refractivity contribution < 1.29 is 4.74 Å². The largest absolute Gasteiger partial charge is 0.463 e. The van der Waals surface area contributed by atoms with E-state index >= 15 is 0 Å². The van der Waals surface area contributed by atoms with Crippen molar-refractivity contribution in [3.63, 3.8) is 0 Å². The van der Waals surface area contributed by atoms with Gasteiger partial charge in [0.1, 0.15) is 5.69 Å². The van der Waals surface area contributed by atoms with Crippen molar-refractivity contribution in [1.82, 2.24) is 20.1 Å². The Hall–Kier alpha value is -1.59. The standard InChI is InChI=1S/C13H14N4O.ClH/c1-2-10-12(15-6-1)18-13(4-8-14-9-5-13)11-3-7-16-17(10)11;/h1-3,6-7,14H,4-5,8-9H2;1H. The quantitative estimate of drug-likeness (QED) is 0.796. The lowest BCUT2D eigenvalue weighted by Gasteiger charge is -2.40. The highest BCUT2D eigenvalue weighted by molar-refractivity contribution is 5.85. The van der Waals surface area contributed by atoms with Crippen LogP contribution in [0.5, 0.6) is 5.88 Å². The number of nitrogens with one attached hydrogen (secondary N) is 1. The minimum atomic E-state index is -0.261. The van der Waals surface area contributed by atoms with E-state index in [9.17, 15) is 0 Å². The first kappa shape index (κ1) is 12.4. The summed E-state index contributed by atoms with van der Waals surface area (Å²) in [5.74, 6) is 0.690. The minimum absolute atomic E-state index is 0. The second kappa shape index (κ2) is 4.51. The lowest BCUT2D eigenvalue weighted by atomic mass is 9.87. The molecule has 1 N–H and O–H groups in total. The van der Waals surface area contributed by atoms with Crippen molar-refractivity contribution in [3.8, 4) is 11.6 Å². The van der Waals surface area contributed by atoms with Crippen LogP contribution in [-0.2, 0) is 5.60 Å². The molecule has 2 aromatic rings. The molecule has 2 aliphatic heterocycles. The zero-order valence-electron chi connectivity index (χ0n) is 10.4. The fraction of sp³-hybridized carbons (Fsp3) is 0.385. The van der Waals surface area contributed by atoms with Gasteiger partial charge in [-0.25, -0.2) is 9.67 Å². The molecule has 0 bridgehead atoms. The van der Waals surface area contributed by atoms with E-state index in [1.54, 1.807) is 6.20 Å². The Labute approximate surface area is 117 Å². The van der Waals surface area contributed by atoms with Gasteiger partial charge in [-0.1, -0.05) is 0 Å². The summed E-state index contributed by atoms with van der Waals surface area (Å²) in [6.45, 7) is 1.93. The smallest absolute Gasteiger partial charge is 0.240 e. The maximum atomic E-state index is 6.23. The van der Waals surface area contributed by atoms with Crippen LogP contribution < -0.4 is 10.1 Å². The first-order valence-corrected chi connectivity index (χ1v) is 6.29. The molecule has 0 unspecified atom stereocenters. The molecule has 0 aliphatic carbocycles. The van der Waals surface area contributed by atoms with E-state index in [1.807, 2.05) is 23.0 Å². The number of pyridine rings is 1. The van der Waals surface area contributed by atoms with E-state index in [-0.39, 0.29) is 18.0 Å². The monoisotopic (exact) mass is 278 g/mol. The van der Waals surface area contributed by atoms with Gasteiger partial charge >= 0.3 is 0 Å². The molecule has 2 aliphatic rings. The Bertz CT molecular complexity index is 592. The molecule has 1 spiro atoms. The number of halogens is 1. The average Bonchev–Trinajstić information content (AvgIpc) is 2.90. The van der Waals surface area contributed by atoms with E-state index in [4.69, 9.17) is 4.74 Å². The predicted octanol–water partition coefficient (Wildman–Crippen LogP) is 1.66. The minimum Gasteiger partial charge on any atom is -0.463 e. The van der Waals surface area contributed by atoms with Crippen molar-refractivity contribution >= 4 is 12.4 Å². The molecule has 100 valence electrons. The summed E-state index contributed by atoms with van der Waals surface area (Å²) < 4.78 is 8.20. The van der Waals surface area contributed by atoms with Crippen molar-refractivity contribution in [2.24, 2.45) is 0 Å². The molecule has 0 atom stereocenters. The third kappa shape index (κ3) is 1.73.